The van der Waals surface area contributed by atoms with Gasteiger partial charge in [-0.1, -0.05) is 11.6 Å². The normalized spacial score (nSPS) is 11.3. The predicted molar refractivity (Wildman–Crippen MR) is 58.6 cm³/mol. The molecule has 0 aliphatic carbocycles. The summed E-state index contributed by atoms with van der Waals surface area (Å²) in [5.74, 6) is -0.266. The number of hydrogen-bond donors (Lipinski definition) is 1. The van der Waals surface area contributed by atoms with Gasteiger partial charge in [0.15, 0.2) is 5.15 Å². The fourth-order valence-corrected chi connectivity index (χ4v) is 1.97. The van der Waals surface area contributed by atoms with E-state index in [4.69, 9.17) is 11.6 Å². The molecule has 3 rings (SSSR count). The Labute approximate surface area is 89.7 Å². The molecule has 0 fully saturated rings. The highest BCUT2D eigenvalue weighted by Gasteiger charge is 2.07. The Hall–Kier alpha value is -1.61. The van der Waals surface area contributed by atoms with Gasteiger partial charge in [-0.3, -0.25) is 0 Å². The van der Waals surface area contributed by atoms with Gasteiger partial charge in [0.1, 0.15) is 5.82 Å². The van der Waals surface area contributed by atoms with Crippen molar-refractivity contribution < 1.29 is 4.39 Å². The molecule has 0 unspecified atom stereocenters. The molecule has 4 heteroatoms. The number of benzene rings is 1. The Bertz CT molecular complexity index is 660. The topological polar surface area (TPSA) is 28.7 Å². The van der Waals surface area contributed by atoms with Gasteiger partial charge in [0, 0.05) is 22.5 Å². The number of nitrogens with zero attached hydrogens (tertiary/aromatic N) is 1. The van der Waals surface area contributed by atoms with E-state index in [2.05, 4.69) is 9.97 Å². The summed E-state index contributed by atoms with van der Waals surface area (Å²) in [5, 5.41) is 2.32. The quantitative estimate of drug-likeness (QED) is 0.577. The van der Waals surface area contributed by atoms with Crippen LogP contribution in [0.1, 0.15) is 0 Å². The fraction of sp³-hybridized carbons (Fsp3) is 0. The standard InChI is InChI=1S/C11H6ClFN2/c12-11-10-8(3-4-14-11)7-2-1-6(13)5-9(7)15-10/h1-5,15H. The van der Waals surface area contributed by atoms with Crippen LogP contribution in [0, 0.1) is 5.82 Å². The minimum Gasteiger partial charge on any atom is -0.352 e. The number of H-pyrrole nitrogens is 1. The molecule has 74 valence electrons. The highest BCUT2D eigenvalue weighted by molar-refractivity contribution is 6.35. The number of rotatable bonds is 0. The second-order valence-corrected chi connectivity index (χ2v) is 3.70. The van der Waals surface area contributed by atoms with Crippen LogP contribution in [0.4, 0.5) is 4.39 Å². The summed E-state index contributed by atoms with van der Waals surface area (Å²) in [6, 6.07) is 6.48. The van der Waals surface area contributed by atoms with Crippen molar-refractivity contribution in [3.8, 4) is 0 Å². The molecule has 0 spiro atoms. The summed E-state index contributed by atoms with van der Waals surface area (Å²) >= 11 is 5.93. The van der Waals surface area contributed by atoms with Crippen molar-refractivity contribution in [3.63, 3.8) is 0 Å². The first-order chi connectivity index (χ1) is 7.25. The third-order valence-corrected chi connectivity index (χ3v) is 2.72. The molecule has 0 aliphatic rings. The molecule has 0 saturated carbocycles. The molecule has 1 aromatic carbocycles. The van der Waals surface area contributed by atoms with Crippen molar-refractivity contribution in [1.82, 2.24) is 9.97 Å². The van der Waals surface area contributed by atoms with Crippen molar-refractivity contribution in [2.75, 3.05) is 0 Å². The highest BCUT2D eigenvalue weighted by atomic mass is 35.5. The van der Waals surface area contributed by atoms with Crippen molar-refractivity contribution in [3.05, 3.63) is 41.4 Å². The van der Waals surface area contributed by atoms with Crippen molar-refractivity contribution in [2.45, 2.75) is 0 Å². The van der Waals surface area contributed by atoms with Crippen LogP contribution >= 0.6 is 11.6 Å². The summed E-state index contributed by atoms with van der Waals surface area (Å²) < 4.78 is 13.0. The molecule has 0 amide bonds. The fourth-order valence-electron chi connectivity index (χ4n) is 1.77. The van der Waals surface area contributed by atoms with Crippen molar-refractivity contribution in [1.29, 1.82) is 0 Å². The Morgan fingerprint density at radius 3 is 2.93 bits per heavy atom. The van der Waals surface area contributed by atoms with E-state index in [0.29, 0.717) is 5.15 Å². The molecule has 0 atom stereocenters. The van der Waals surface area contributed by atoms with Crippen LogP contribution in [0.2, 0.25) is 5.15 Å². The number of aromatic nitrogens is 2. The lowest BCUT2D eigenvalue weighted by Gasteiger charge is -1.91. The zero-order valence-electron chi connectivity index (χ0n) is 7.59. The summed E-state index contributed by atoms with van der Waals surface area (Å²) in [6.07, 6.45) is 1.64. The predicted octanol–water partition coefficient (Wildman–Crippen LogP) is 3.51. The van der Waals surface area contributed by atoms with Gasteiger partial charge >= 0.3 is 0 Å². The number of aromatic amines is 1. The average molecular weight is 221 g/mol. The maximum absolute atomic E-state index is 13.0. The molecule has 0 bridgehead atoms. The van der Waals surface area contributed by atoms with Crippen molar-refractivity contribution in [2.24, 2.45) is 0 Å². The van der Waals surface area contributed by atoms with Gasteiger partial charge in [-0.25, -0.2) is 9.37 Å². The van der Waals surface area contributed by atoms with Crippen LogP contribution in [0.25, 0.3) is 21.8 Å². The molecule has 0 saturated heterocycles. The number of halogens is 2. The monoisotopic (exact) mass is 220 g/mol. The second kappa shape index (κ2) is 2.94. The second-order valence-electron chi connectivity index (χ2n) is 3.34. The minimum absolute atomic E-state index is 0.266. The summed E-state index contributed by atoms with van der Waals surface area (Å²) in [5.41, 5.74) is 1.49. The minimum atomic E-state index is -0.266. The Morgan fingerprint density at radius 2 is 2.07 bits per heavy atom. The SMILES string of the molecule is Fc1ccc2c(c1)[nH]c1c(Cl)nccc12. The summed E-state index contributed by atoms with van der Waals surface area (Å²) in [6.45, 7) is 0. The number of fused-ring (bicyclic) bond motifs is 3. The third kappa shape index (κ3) is 1.20. The van der Waals surface area contributed by atoms with E-state index in [1.165, 1.54) is 12.1 Å². The lowest BCUT2D eigenvalue weighted by atomic mass is 10.2. The zero-order valence-corrected chi connectivity index (χ0v) is 8.35. The molecule has 3 aromatic rings. The van der Waals surface area contributed by atoms with E-state index < -0.39 is 0 Å². The first-order valence-corrected chi connectivity index (χ1v) is 4.85. The maximum atomic E-state index is 13.0. The van der Waals surface area contributed by atoms with Crippen LogP contribution in [-0.2, 0) is 0 Å². The first kappa shape index (κ1) is 8.68. The van der Waals surface area contributed by atoms with E-state index in [9.17, 15) is 4.39 Å². The number of hydrogen-bond acceptors (Lipinski definition) is 1. The summed E-state index contributed by atoms with van der Waals surface area (Å²) in [4.78, 5) is 7.02. The molecule has 2 nitrogen and oxygen atoms in total. The van der Waals surface area contributed by atoms with E-state index in [-0.39, 0.29) is 5.82 Å². The van der Waals surface area contributed by atoms with E-state index in [0.717, 1.165) is 21.8 Å². The molecule has 1 N–H and O–H groups in total. The first-order valence-electron chi connectivity index (χ1n) is 4.47. The Morgan fingerprint density at radius 1 is 1.20 bits per heavy atom. The van der Waals surface area contributed by atoms with Gasteiger partial charge in [0.05, 0.1) is 5.52 Å². The lowest BCUT2D eigenvalue weighted by molar-refractivity contribution is 0.629. The van der Waals surface area contributed by atoms with Gasteiger partial charge in [-0.2, -0.15) is 0 Å². The molecule has 2 heterocycles. The van der Waals surface area contributed by atoms with Crippen LogP contribution in [0.5, 0.6) is 0 Å². The van der Waals surface area contributed by atoms with Gasteiger partial charge in [-0.15, -0.1) is 0 Å². The van der Waals surface area contributed by atoms with Gasteiger partial charge < -0.3 is 4.98 Å². The smallest absolute Gasteiger partial charge is 0.153 e. The third-order valence-electron chi connectivity index (χ3n) is 2.44. The van der Waals surface area contributed by atoms with Crippen LogP contribution in [0.15, 0.2) is 30.5 Å². The molecule has 2 aromatic heterocycles. The lowest BCUT2D eigenvalue weighted by Crippen LogP contribution is -1.74. The van der Waals surface area contributed by atoms with Gasteiger partial charge in [-0.05, 0) is 24.3 Å². The van der Waals surface area contributed by atoms with Gasteiger partial charge in [0.25, 0.3) is 0 Å². The average Bonchev–Trinajstić information content (AvgIpc) is 2.57. The molecular weight excluding hydrogens is 215 g/mol. The molecule has 0 aliphatic heterocycles. The van der Waals surface area contributed by atoms with Crippen molar-refractivity contribution >= 4 is 33.4 Å². The Balaban J connectivity index is 2.57. The molecule has 0 radical (unpaired) electrons. The van der Waals surface area contributed by atoms with Gasteiger partial charge in [0.2, 0.25) is 0 Å². The number of nitrogens with one attached hydrogen (secondary N) is 1. The Kier molecular flexibility index (Phi) is 1.70. The summed E-state index contributed by atoms with van der Waals surface area (Å²) in [7, 11) is 0. The van der Waals surface area contributed by atoms with E-state index >= 15 is 0 Å². The van der Waals surface area contributed by atoms with Crippen LogP contribution in [-0.4, -0.2) is 9.97 Å². The highest BCUT2D eigenvalue weighted by Crippen LogP contribution is 2.28. The molecule has 15 heavy (non-hydrogen) atoms. The molecular formula is C11H6ClFN2. The maximum Gasteiger partial charge on any atom is 0.153 e. The van der Waals surface area contributed by atoms with Crippen LogP contribution < -0.4 is 0 Å². The number of pyridine rings is 1. The van der Waals surface area contributed by atoms with Crippen LogP contribution in [0.3, 0.4) is 0 Å². The zero-order chi connectivity index (χ0) is 10.4. The van der Waals surface area contributed by atoms with E-state index in [1.807, 2.05) is 6.07 Å². The van der Waals surface area contributed by atoms with E-state index in [1.54, 1.807) is 12.3 Å². The largest absolute Gasteiger partial charge is 0.352 e.